The van der Waals surface area contributed by atoms with E-state index in [1.54, 1.807) is 0 Å². The van der Waals surface area contributed by atoms with Crippen molar-refractivity contribution in [3.05, 3.63) is 60.2 Å². The summed E-state index contributed by atoms with van der Waals surface area (Å²) in [5, 5.41) is 3.52. The molecule has 0 fully saturated rings. The third-order valence-electron chi connectivity index (χ3n) is 3.68. The van der Waals surface area contributed by atoms with E-state index in [0.717, 1.165) is 13.2 Å². The van der Waals surface area contributed by atoms with E-state index < -0.39 is 0 Å². The van der Waals surface area contributed by atoms with Gasteiger partial charge in [-0.1, -0.05) is 54.6 Å². The van der Waals surface area contributed by atoms with Gasteiger partial charge in [0.2, 0.25) is 0 Å². The molecule has 2 rings (SSSR count). The van der Waals surface area contributed by atoms with Crippen molar-refractivity contribution >= 4 is 0 Å². The molecule has 0 bridgehead atoms. The number of hydrogen-bond donors (Lipinski definition) is 1. The van der Waals surface area contributed by atoms with Crippen LogP contribution in [0.15, 0.2) is 54.6 Å². The van der Waals surface area contributed by atoms with E-state index in [-0.39, 0.29) is 6.10 Å². The molecule has 0 radical (unpaired) electrons. The minimum absolute atomic E-state index is 0.251. The van der Waals surface area contributed by atoms with Gasteiger partial charge in [-0.05, 0) is 37.5 Å². The highest BCUT2D eigenvalue weighted by Crippen LogP contribution is 2.21. The van der Waals surface area contributed by atoms with Crippen LogP contribution in [0.3, 0.4) is 0 Å². The molecule has 0 aromatic heterocycles. The maximum absolute atomic E-state index is 5.54. The lowest BCUT2D eigenvalue weighted by Crippen LogP contribution is -2.29. The quantitative estimate of drug-likeness (QED) is 0.811. The first-order valence-corrected chi connectivity index (χ1v) is 7.71. The van der Waals surface area contributed by atoms with Crippen molar-refractivity contribution in [3.8, 4) is 11.1 Å². The molecule has 2 atom stereocenters. The van der Waals surface area contributed by atoms with Crippen molar-refractivity contribution in [2.75, 3.05) is 13.2 Å². The van der Waals surface area contributed by atoms with Gasteiger partial charge in [0.05, 0.1) is 6.10 Å². The standard InChI is InChI=1S/C19H25NO/c1-4-21-15(2)14-20-16(3)17-10-12-19(13-11-17)18-8-6-5-7-9-18/h5-13,15-16,20H,4,14H2,1-3H3. The van der Waals surface area contributed by atoms with Crippen LogP contribution in [0, 0.1) is 0 Å². The molecule has 0 aliphatic carbocycles. The van der Waals surface area contributed by atoms with Crippen molar-refractivity contribution in [2.24, 2.45) is 0 Å². The summed E-state index contributed by atoms with van der Waals surface area (Å²) in [6.45, 7) is 7.96. The first kappa shape index (κ1) is 15.7. The second-order valence-electron chi connectivity index (χ2n) is 5.38. The molecule has 21 heavy (non-hydrogen) atoms. The van der Waals surface area contributed by atoms with Crippen LogP contribution in [0.25, 0.3) is 11.1 Å². The molecule has 0 aliphatic heterocycles. The van der Waals surface area contributed by atoms with Gasteiger partial charge in [-0.25, -0.2) is 0 Å². The minimum Gasteiger partial charge on any atom is -0.377 e. The Bertz CT molecular complexity index is 521. The normalized spacial score (nSPS) is 13.9. The molecule has 0 aliphatic rings. The van der Waals surface area contributed by atoms with E-state index >= 15 is 0 Å². The van der Waals surface area contributed by atoms with Crippen LogP contribution < -0.4 is 5.32 Å². The molecule has 2 aromatic carbocycles. The second kappa shape index (κ2) is 7.96. The summed E-state index contributed by atoms with van der Waals surface area (Å²) < 4.78 is 5.54. The summed E-state index contributed by atoms with van der Waals surface area (Å²) in [5.74, 6) is 0. The zero-order valence-electron chi connectivity index (χ0n) is 13.2. The minimum atomic E-state index is 0.251. The third kappa shape index (κ3) is 4.69. The van der Waals surface area contributed by atoms with Crippen molar-refractivity contribution < 1.29 is 4.74 Å². The van der Waals surface area contributed by atoms with Crippen molar-refractivity contribution in [2.45, 2.75) is 32.9 Å². The van der Waals surface area contributed by atoms with Gasteiger partial charge in [-0.15, -0.1) is 0 Å². The summed E-state index contributed by atoms with van der Waals surface area (Å²) in [6, 6.07) is 19.6. The maximum Gasteiger partial charge on any atom is 0.0671 e. The second-order valence-corrected chi connectivity index (χ2v) is 5.38. The molecule has 1 N–H and O–H groups in total. The van der Waals surface area contributed by atoms with Crippen molar-refractivity contribution in [1.82, 2.24) is 5.32 Å². The van der Waals surface area contributed by atoms with E-state index in [9.17, 15) is 0 Å². The predicted octanol–water partition coefficient (Wildman–Crippen LogP) is 4.43. The largest absolute Gasteiger partial charge is 0.377 e. The summed E-state index contributed by atoms with van der Waals surface area (Å²) in [5.41, 5.74) is 3.82. The number of nitrogens with one attached hydrogen (secondary N) is 1. The lowest BCUT2D eigenvalue weighted by atomic mass is 10.0. The van der Waals surface area contributed by atoms with Gasteiger partial charge in [-0.2, -0.15) is 0 Å². The average Bonchev–Trinajstić information content (AvgIpc) is 2.54. The molecule has 0 amide bonds. The highest BCUT2D eigenvalue weighted by molar-refractivity contribution is 5.63. The fraction of sp³-hybridized carbons (Fsp3) is 0.368. The fourth-order valence-corrected chi connectivity index (χ4v) is 2.40. The molecule has 112 valence electrons. The van der Waals surface area contributed by atoms with Gasteiger partial charge < -0.3 is 10.1 Å². The highest BCUT2D eigenvalue weighted by atomic mass is 16.5. The molecular weight excluding hydrogens is 258 g/mol. The monoisotopic (exact) mass is 283 g/mol. The summed E-state index contributed by atoms with van der Waals surface area (Å²) >= 11 is 0. The van der Waals surface area contributed by atoms with E-state index in [4.69, 9.17) is 4.74 Å². The number of ether oxygens (including phenoxy) is 1. The van der Waals surface area contributed by atoms with Gasteiger partial charge in [0.1, 0.15) is 0 Å². The maximum atomic E-state index is 5.54. The van der Waals surface area contributed by atoms with Crippen LogP contribution in [-0.2, 0) is 4.74 Å². The highest BCUT2D eigenvalue weighted by Gasteiger charge is 2.07. The smallest absolute Gasteiger partial charge is 0.0671 e. The molecule has 2 heteroatoms. The zero-order chi connectivity index (χ0) is 15.1. The molecular formula is C19H25NO. The first-order chi connectivity index (χ1) is 10.2. The van der Waals surface area contributed by atoms with Gasteiger partial charge in [0, 0.05) is 19.2 Å². The van der Waals surface area contributed by atoms with E-state index in [2.05, 4.69) is 67.7 Å². The van der Waals surface area contributed by atoms with Crippen LogP contribution in [0.1, 0.15) is 32.4 Å². The SMILES string of the molecule is CCOC(C)CNC(C)c1ccc(-c2ccccc2)cc1. The van der Waals surface area contributed by atoms with E-state index in [1.807, 2.05) is 13.0 Å². The number of benzene rings is 2. The molecule has 0 saturated carbocycles. The fourth-order valence-electron chi connectivity index (χ4n) is 2.40. The summed E-state index contributed by atoms with van der Waals surface area (Å²) in [4.78, 5) is 0. The van der Waals surface area contributed by atoms with Crippen LogP contribution in [0.4, 0.5) is 0 Å². The van der Waals surface area contributed by atoms with Crippen LogP contribution in [0.2, 0.25) is 0 Å². The Balaban J connectivity index is 1.95. The Morgan fingerprint density at radius 2 is 1.52 bits per heavy atom. The average molecular weight is 283 g/mol. The van der Waals surface area contributed by atoms with Gasteiger partial charge in [-0.3, -0.25) is 0 Å². The van der Waals surface area contributed by atoms with Crippen LogP contribution in [0.5, 0.6) is 0 Å². The van der Waals surface area contributed by atoms with Gasteiger partial charge in [0.25, 0.3) is 0 Å². The van der Waals surface area contributed by atoms with Gasteiger partial charge in [0.15, 0.2) is 0 Å². The molecule has 2 unspecified atom stereocenters. The third-order valence-corrected chi connectivity index (χ3v) is 3.68. The molecule has 2 aromatic rings. The Labute approximate surface area is 128 Å². The summed E-state index contributed by atoms with van der Waals surface area (Å²) in [7, 11) is 0. The predicted molar refractivity (Wildman–Crippen MR) is 89.4 cm³/mol. The van der Waals surface area contributed by atoms with E-state index in [0.29, 0.717) is 6.04 Å². The molecule has 2 nitrogen and oxygen atoms in total. The molecule has 0 saturated heterocycles. The Morgan fingerprint density at radius 1 is 0.905 bits per heavy atom. The topological polar surface area (TPSA) is 21.3 Å². The van der Waals surface area contributed by atoms with Crippen LogP contribution in [-0.4, -0.2) is 19.3 Å². The Morgan fingerprint density at radius 3 is 2.14 bits per heavy atom. The lowest BCUT2D eigenvalue weighted by Gasteiger charge is -2.18. The molecule has 0 heterocycles. The zero-order valence-corrected chi connectivity index (χ0v) is 13.2. The van der Waals surface area contributed by atoms with Crippen LogP contribution >= 0.6 is 0 Å². The summed E-state index contributed by atoms with van der Waals surface area (Å²) in [6.07, 6.45) is 0.251. The molecule has 0 spiro atoms. The number of rotatable bonds is 7. The lowest BCUT2D eigenvalue weighted by molar-refractivity contribution is 0.0743. The first-order valence-electron chi connectivity index (χ1n) is 7.71. The van der Waals surface area contributed by atoms with Crippen molar-refractivity contribution in [1.29, 1.82) is 0 Å². The Hall–Kier alpha value is -1.64. The van der Waals surface area contributed by atoms with E-state index in [1.165, 1.54) is 16.7 Å². The Kier molecular flexibility index (Phi) is 5.97. The number of hydrogen-bond acceptors (Lipinski definition) is 2. The van der Waals surface area contributed by atoms with Gasteiger partial charge >= 0.3 is 0 Å². The van der Waals surface area contributed by atoms with Crippen molar-refractivity contribution in [3.63, 3.8) is 0 Å².